The largest absolute Gasteiger partial charge is 0.338 e. The van der Waals surface area contributed by atoms with Gasteiger partial charge < -0.3 is 4.90 Å². The quantitative estimate of drug-likeness (QED) is 0.458. The lowest BCUT2D eigenvalue weighted by atomic mass is 10.1. The molecule has 1 N–H and O–H groups in total. The Morgan fingerprint density at radius 2 is 1.86 bits per heavy atom. The number of thiophene rings is 1. The maximum absolute atomic E-state index is 13.6. The molecule has 0 aromatic carbocycles. The van der Waals surface area contributed by atoms with Crippen molar-refractivity contribution in [3.05, 3.63) is 35.6 Å². The number of fused-ring (bicyclic) bond motifs is 1. The first kappa shape index (κ1) is 22.9. The first-order chi connectivity index (χ1) is 16.7. The van der Waals surface area contributed by atoms with Gasteiger partial charge in [0, 0.05) is 63.9 Å². The van der Waals surface area contributed by atoms with Crippen molar-refractivity contribution in [2.24, 2.45) is 7.05 Å². The summed E-state index contributed by atoms with van der Waals surface area (Å²) in [6.07, 6.45) is 3.95. The fourth-order valence-corrected chi connectivity index (χ4v) is 4.81. The normalized spacial score (nSPS) is 15.4. The summed E-state index contributed by atoms with van der Waals surface area (Å²) in [5.74, 6) is -2.83. The molecule has 13 heteroatoms. The highest BCUT2D eigenvalue weighted by atomic mass is 32.1. The third-order valence-electron chi connectivity index (χ3n) is 5.65. The number of carbonyl (C=O) groups excluding carboxylic acids is 2. The van der Waals surface area contributed by atoms with Crippen molar-refractivity contribution in [3.8, 4) is 22.8 Å². The molecule has 0 spiro atoms. The minimum atomic E-state index is -2.73. The molecular weight excluding hydrogens is 478 g/mol. The fraction of sp³-hybridized carbons (Fsp3) is 0.318. The van der Waals surface area contributed by atoms with Crippen LogP contribution in [0.15, 0.2) is 30.7 Å². The number of hydrogen-bond acceptors (Lipinski definition) is 8. The van der Waals surface area contributed by atoms with Crippen LogP contribution in [0.25, 0.3) is 33.0 Å². The Balaban J connectivity index is 1.56. The number of amides is 2. The Kier molecular flexibility index (Phi) is 5.71. The van der Waals surface area contributed by atoms with Crippen LogP contribution in [0, 0.1) is 0 Å². The van der Waals surface area contributed by atoms with Crippen LogP contribution >= 0.6 is 11.3 Å². The second-order valence-electron chi connectivity index (χ2n) is 8.19. The molecule has 5 rings (SSSR count). The van der Waals surface area contributed by atoms with E-state index in [0.717, 1.165) is 0 Å². The van der Waals surface area contributed by atoms with Gasteiger partial charge in [0.2, 0.25) is 11.9 Å². The van der Waals surface area contributed by atoms with Crippen molar-refractivity contribution < 1.29 is 18.4 Å². The van der Waals surface area contributed by atoms with Crippen LogP contribution in [-0.4, -0.2) is 65.4 Å². The zero-order valence-corrected chi connectivity index (χ0v) is 19.6. The summed E-state index contributed by atoms with van der Waals surface area (Å²) >= 11 is 1.18. The van der Waals surface area contributed by atoms with Crippen molar-refractivity contribution >= 4 is 39.3 Å². The van der Waals surface area contributed by atoms with Crippen molar-refractivity contribution in [2.45, 2.75) is 25.7 Å². The summed E-state index contributed by atoms with van der Waals surface area (Å²) in [5, 5.41) is 7.38. The summed E-state index contributed by atoms with van der Waals surface area (Å²) in [6, 6.07) is 3.51. The Labute approximate surface area is 202 Å². The molecule has 1 saturated heterocycles. The van der Waals surface area contributed by atoms with E-state index in [1.165, 1.54) is 35.6 Å². The SMILES string of the molecule is CC(=O)Nc1ncc(-c2nc(-c3ccnn3C)c3cc(C(=O)N4CCC(F)(F)CC4)sc3n2)cn1. The molecule has 0 atom stereocenters. The second-order valence-corrected chi connectivity index (χ2v) is 9.22. The van der Waals surface area contributed by atoms with E-state index in [4.69, 9.17) is 4.98 Å². The van der Waals surface area contributed by atoms with Gasteiger partial charge in [0.25, 0.3) is 11.8 Å². The van der Waals surface area contributed by atoms with Gasteiger partial charge in [-0.05, 0) is 12.1 Å². The van der Waals surface area contributed by atoms with Gasteiger partial charge >= 0.3 is 0 Å². The summed E-state index contributed by atoms with van der Waals surface area (Å²) in [6.45, 7) is 1.37. The predicted octanol–water partition coefficient (Wildman–Crippen LogP) is 3.38. The molecule has 1 fully saturated rings. The second kappa shape index (κ2) is 8.73. The lowest BCUT2D eigenvalue weighted by molar-refractivity contribution is -0.114. The first-order valence-corrected chi connectivity index (χ1v) is 11.6. The minimum absolute atomic E-state index is 0.00355. The van der Waals surface area contributed by atoms with Gasteiger partial charge in [-0.15, -0.1) is 11.3 Å². The van der Waals surface area contributed by atoms with Gasteiger partial charge in [0.15, 0.2) is 5.82 Å². The topological polar surface area (TPSA) is 119 Å². The molecule has 10 nitrogen and oxygen atoms in total. The monoisotopic (exact) mass is 498 g/mol. The standard InChI is InChI=1S/C22H20F2N8O2S/c1-12(33)28-21-25-10-13(11-26-21)18-29-17(15-3-6-27-31(15)2)14-9-16(35-19(14)30-18)20(34)32-7-4-22(23,24)5-8-32/h3,6,9-11H,4-5,7-8H2,1-2H3,(H,25,26,28,33). The Bertz CT molecular complexity index is 1420. The molecule has 0 bridgehead atoms. The predicted molar refractivity (Wildman–Crippen MR) is 125 cm³/mol. The van der Waals surface area contributed by atoms with E-state index in [-0.39, 0.29) is 43.7 Å². The average Bonchev–Trinajstić information content (AvgIpc) is 3.44. The number of aryl methyl sites for hydroxylation is 1. The molecule has 4 aromatic heterocycles. The van der Waals surface area contributed by atoms with E-state index in [1.54, 1.807) is 30.1 Å². The summed E-state index contributed by atoms with van der Waals surface area (Å²) < 4.78 is 28.8. The van der Waals surface area contributed by atoms with Crippen LogP contribution < -0.4 is 5.32 Å². The summed E-state index contributed by atoms with van der Waals surface area (Å²) in [4.78, 5) is 44.3. The Morgan fingerprint density at radius 1 is 1.14 bits per heavy atom. The number of aromatic nitrogens is 6. The third-order valence-corrected chi connectivity index (χ3v) is 6.66. The maximum atomic E-state index is 13.6. The first-order valence-electron chi connectivity index (χ1n) is 10.8. The number of hydrogen-bond donors (Lipinski definition) is 1. The van der Waals surface area contributed by atoms with E-state index < -0.39 is 5.92 Å². The number of rotatable bonds is 4. The molecule has 4 aromatic rings. The average molecular weight is 499 g/mol. The molecule has 1 aliphatic heterocycles. The van der Waals surface area contributed by atoms with E-state index in [1.807, 2.05) is 0 Å². The van der Waals surface area contributed by atoms with E-state index in [2.05, 4.69) is 25.4 Å². The Hall–Kier alpha value is -3.87. The van der Waals surface area contributed by atoms with Gasteiger partial charge in [0.1, 0.15) is 10.5 Å². The molecule has 2 amide bonds. The number of piperidine rings is 1. The zero-order valence-electron chi connectivity index (χ0n) is 18.8. The van der Waals surface area contributed by atoms with Crippen LogP contribution in [0.2, 0.25) is 0 Å². The zero-order chi connectivity index (χ0) is 24.7. The highest BCUT2D eigenvalue weighted by molar-refractivity contribution is 7.20. The highest BCUT2D eigenvalue weighted by Crippen LogP contribution is 2.35. The fourth-order valence-electron chi connectivity index (χ4n) is 3.82. The summed E-state index contributed by atoms with van der Waals surface area (Å²) in [7, 11) is 1.78. The number of carbonyl (C=O) groups is 2. The molecule has 1 aliphatic rings. The molecule has 0 radical (unpaired) electrons. The van der Waals surface area contributed by atoms with Gasteiger partial charge in [-0.2, -0.15) is 5.10 Å². The van der Waals surface area contributed by atoms with Crippen molar-refractivity contribution in [1.29, 1.82) is 0 Å². The molecule has 35 heavy (non-hydrogen) atoms. The van der Waals surface area contributed by atoms with Crippen LogP contribution in [0.4, 0.5) is 14.7 Å². The molecule has 5 heterocycles. The number of halogens is 2. The number of likely N-dealkylation sites (tertiary alicyclic amines) is 1. The smallest absolute Gasteiger partial charge is 0.264 e. The van der Waals surface area contributed by atoms with Crippen LogP contribution in [0.3, 0.4) is 0 Å². The number of nitrogens with one attached hydrogen (secondary N) is 1. The number of anilines is 1. The van der Waals surface area contributed by atoms with E-state index >= 15 is 0 Å². The lowest BCUT2D eigenvalue weighted by Crippen LogP contribution is -2.42. The van der Waals surface area contributed by atoms with Gasteiger partial charge in [0.05, 0.1) is 16.1 Å². The number of alkyl halides is 2. The molecule has 180 valence electrons. The van der Waals surface area contributed by atoms with Crippen molar-refractivity contribution in [1.82, 2.24) is 34.6 Å². The molecule has 0 saturated carbocycles. The third kappa shape index (κ3) is 4.58. The van der Waals surface area contributed by atoms with Gasteiger partial charge in [-0.1, -0.05) is 0 Å². The van der Waals surface area contributed by atoms with Crippen LogP contribution in [0.1, 0.15) is 29.4 Å². The van der Waals surface area contributed by atoms with Crippen molar-refractivity contribution in [3.63, 3.8) is 0 Å². The van der Waals surface area contributed by atoms with E-state index in [0.29, 0.717) is 37.9 Å². The maximum Gasteiger partial charge on any atom is 0.264 e. The van der Waals surface area contributed by atoms with Gasteiger partial charge in [-0.3, -0.25) is 19.6 Å². The van der Waals surface area contributed by atoms with E-state index in [9.17, 15) is 18.4 Å². The van der Waals surface area contributed by atoms with Crippen LogP contribution in [0.5, 0.6) is 0 Å². The van der Waals surface area contributed by atoms with Gasteiger partial charge in [-0.25, -0.2) is 28.7 Å². The summed E-state index contributed by atoms with van der Waals surface area (Å²) in [5.41, 5.74) is 1.80. The number of nitrogens with zero attached hydrogens (tertiary/aromatic N) is 7. The molecule has 0 aliphatic carbocycles. The van der Waals surface area contributed by atoms with Crippen LogP contribution in [-0.2, 0) is 11.8 Å². The Morgan fingerprint density at radius 3 is 2.49 bits per heavy atom. The van der Waals surface area contributed by atoms with Crippen molar-refractivity contribution in [2.75, 3.05) is 18.4 Å². The highest BCUT2D eigenvalue weighted by Gasteiger charge is 2.36. The molecule has 0 unspecified atom stereocenters. The lowest BCUT2D eigenvalue weighted by Gasteiger charge is -2.31. The molecular formula is C22H20F2N8O2S. The minimum Gasteiger partial charge on any atom is -0.338 e.